The zero-order valence-corrected chi connectivity index (χ0v) is 10.2. The first-order valence-corrected chi connectivity index (χ1v) is 5.70. The van der Waals surface area contributed by atoms with Gasteiger partial charge < -0.3 is 9.40 Å². The second-order valence-electron chi connectivity index (χ2n) is 4.17. The second-order valence-corrected chi connectivity index (χ2v) is 4.59. The van der Waals surface area contributed by atoms with Gasteiger partial charge in [0.15, 0.2) is 11.6 Å². The fourth-order valence-electron chi connectivity index (χ4n) is 1.59. The van der Waals surface area contributed by atoms with Crippen molar-refractivity contribution in [3.05, 3.63) is 34.8 Å². The van der Waals surface area contributed by atoms with Crippen LogP contribution in [0, 0.1) is 10.6 Å². The van der Waals surface area contributed by atoms with E-state index in [0.717, 1.165) is 17.9 Å². The Bertz CT molecular complexity index is 514. The lowest BCUT2D eigenvalue weighted by atomic mass is 10.1. The molecule has 1 N–H and O–H groups in total. The topological polar surface area (TPSA) is 41.8 Å². The molecule has 0 aliphatic carbocycles. The van der Waals surface area contributed by atoms with Gasteiger partial charge in [0.25, 0.3) is 0 Å². The Morgan fingerprint density at radius 3 is 2.94 bits per heavy atom. The quantitative estimate of drug-likeness (QED) is 0.825. The molecule has 4 heteroatoms. The normalized spacial score (nSPS) is 10.9. The van der Waals surface area contributed by atoms with Gasteiger partial charge in [-0.3, -0.25) is 0 Å². The maximum Gasteiger partial charge on any atom is 0.175 e. The molecule has 3 nitrogen and oxygen atoms in total. The molecular formula is C12H14N2OS. The monoisotopic (exact) mass is 234 g/mol. The predicted molar refractivity (Wildman–Crippen MR) is 65.7 cm³/mol. The molecule has 0 fully saturated rings. The molecule has 0 aliphatic rings. The summed E-state index contributed by atoms with van der Waals surface area (Å²) in [5, 5.41) is 0. The van der Waals surface area contributed by atoms with Gasteiger partial charge in [-0.2, -0.15) is 0 Å². The van der Waals surface area contributed by atoms with Gasteiger partial charge in [0, 0.05) is 5.69 Å². The van der Waals surface area contributed by atoms with Gasteiger partial charge in [-0.05, 0) is 30.5 Å². The fourth-order valence-corrected chi connectivity index (χ4v) is 1.82. The van der Waals surface area contributed by atoms with Gasteiger partial charge in [0.1, 0.15) is 4.64 Å². The molecule has 2 heterocycles. The van der Waals surface area contributed by atoms with Crippen LogP contribution in [0.4, 0.5) is 0 Å². The summed E-state index contributed by atoms with van der Waals surface area (Å²) in [6.07, 6.45) is 2.59. The highest BCUT2D eigenvalue weighted by Crippen LogP contribution is 2.16. The van der Waals surface area contributed by atoms with Crippen molar-refractivity contribution in [1.82, 2.24) is 9.97 Å². The Morgan fingerprint density at radius 2 is 2.31 bits per heavy atom. The minimum atomic E-state index is 0.581. The van der Waals surface area contributed by atoms with Crippen molar-refractivity contribution in [2.45, 2.75) is 20.3 Å². The average Bonchev–Trinajstić information content (AvgIpc) is 2.67. The Morgan fingerprint density at radius 1 is 1.50 bits per heavy atom. The van der Waals surface area contributed by atoms with Gasteiger partial charge in [0.2, 0.25) is 0 Å². The molecule has 2 aromatic heterocycles. The summed E-state index contributed by atoms with van der Waals surface area (Å²) in [6.45, 7) is 4.34. The molecule has 0 saturated heterocycles. The van der Waals surface area contributed by atoms with E-state index in [1.165, 1.54) is 0 Å². The molecule has 0 radical (unpaired) electrons. The van der Waals surface area contributed by atoms with Crippen molar-refractivity contribution in [3.8, 4) is 11.6 Å². The molecular weight excluding hydrogens is 220 g/mol. The lowest BCUT2D eigenvalue weighted by Crippen LogP contribution is -2.00. The van der Waals surface area contributed by atoms with Gasteiger partial charge in [-0.1, -0.05) is 26.1 Å². The maximum absolute atomic E-state index is 5.29. The van der Waals surface area contributed by atoms with E-state index in [-0.39, 0.29) is 0 Å². The molecule has 0 unspecified atom stereocenters. The third-order valence-electron chi connectivity index (χ3n) is 2.18. The van der Waals surface area contributed by atoms with Gasteiger partial charge in [-0.15, -0.1) is 0 Å². The molecule has 0 amide bonds. The van der Waals surface area contributed by atoms with Crippen LogP contribution in [0.25, 0.3) is 11.6 Å². The van der Waals surface area contributed by atoms with Crippen LogP contribution >= 0.6 is 12.2 Å². The number of nitrogens with one attached hydrogen (secondary N) is 1. The summed E-state index contributed by atoms with van der Waals surface area (Å²) in [5.41, 5.74) is 1.10. The molecule has 0 aliphatic heterocycles. The van der Waals surface area contributed by atoms with Gasteiger partial charge >= 0.3 is 0 Å². The van der Waals surface area contributed by atoms with E-state index in [9.17, 15) is 0 Å². The first-order valence-electron chi connectivity index (χ1n) is 5.29. The molecule has 2 rings (SSSR count). The van der Waals surface area contributed by atoms with E-state index in [4.69, 9.17) is 16.6 Å². The average molecular weight is 234 g/mol. The minimum absolute atomic E-state index is 0.581. The number of rotatable bonds is 3. The SMILES string of the molecule is CC(C)Cc1cc(=S)nc(-c2ccco2)[nH]1. The van der Waals surface area contributed by atoms with Crippen LogP contribution < -0.4 is 0 Å². The fraction of sp³-hybridized carbons (Fsp3) is 0.333. The van der Waals surface area contributed by atoms with E-state index in [0.29, 0.717) is 16.4 Å². The maximum atomic E-state index is 5.29. The van der Waals surface area contributed by atoms with Crippen LogP contribution in [-0.4, -0.2) is 9.97 Å². The summed E-state index contributed by atoms with van der Waals surface area (Å²) >= 11 is 5.14. The second kappa shape index (κ2) is 4.61. The van der Waals surface area contributed by atoms with Crippen LogP contribution in [0.3, 0.4) is 0 Å². The Labute approximate surface area is 99.5 Å². The number of H-pyrrole nitrogens is 1. The summed E-state index contributed by atoms with van der Waals surface area (Å²) < 4.78 is 5.89. The van der Waals surface area contributed by atoms with Crippen LogP contribution in [0.5, 0.6) is 0 Å². The predicted octanol–water partition coefficient (Wildman–Crippen LogP) is 3.60. The molecule has 0 aromatic carbocycles. The number of aromatic amines is 1. The van der Waals surface area contributed by atoms with E-state index >= 15 is 0 Å². The van der Waals surface area contributed by atoms with Crippen LogP contribution in [0.1, 0.15) is 19.5 Å². The number of hydrogen-bond acceptors (Lipinski definition) is 3. The first-order chi connectivity index (χ1) is 7.65. The summed E-state index contributed by atoms with van der Waals surface area (Å²) in [7, 11) is 0. The van der Waals surface area contributed by atoms with Crippen molar-refractivity contribution in [2.75, 3.05) is 0 Å². The molecule has 84 valence electrons. The molecule has 0 bridgehead atoms. The first kappa shape index (κ1) is 11.1. The molecule has 0 saturated carbocycles. The molecule has 0 atom stereocenters. The zero-order chi connectivity index (χ0) is 11.5. The lowest BCUT2D eigenvalue weighted by Gasteiger charge is -2.06. The van der Waals surface area contributed by atoms with Crippen molar-refractivity contribution < 1.29 is 4.42 Å². The van der Waals surface area contributed by atoms with Crippen molar-refractivity contribution in [3.63, 3.8) is 0 Å². The zero-order valence-electron chi connectivity index (χ0n) is 9.36. The largest absolute Gasteiger partial charge is 0.461 e. The third kappa shape index (κ3) is 2.58. The Hall–Kier alpha value is -1.42. The minimum Gasteiger partial charge on any atom is -0.461 e. The van der Waals surface area contributed by atoms with Crippen LogP contribution in [0.2, 0.25) is 0 Å². The van der Waals surface area contributed by atoms with Crippen LogP contribution in [-0.2, 0) is 6.42 Å². The molecule has 16 heavy (non-hydrogen) atoms. The van der Waals surface area contributed by atoms with E-state index < -0.39 is 0 Å². The standard InChI is InChI=1S/C12H14N2OS/c1-8(2)6-9-7-11(16)14-12(13-9)10-4-3-5-15-10/h3-5,7-8H,6H2,1-2H3,(H,13,14,16). The number of nitrogens with zero attached hydrogens (tertiary/aromatic N) is 1. The summed E-state index contributed by atoms with van der Waals surface area (Å²) in [6, 6.07) is 5.61. The summed E-state index contributed by atoms with van der Waals surface area (Å²) in [5.74, 6) is 2.00. The van der Waals surface area contributed by atoms with E-state index in [1.807, 2.05) is 18.2 Å². The lowest BCUT2D eigenvalue weighted by molar-refractivity contribution is 0.574. The highest BCUT2D eigenvalue weighted by molar-refractivity contribution is 7.71. The summed E-state index contributed by atoms with van der Waals surface area (Å²) in [4.78, 5) is 7.50. The highest BCUT2D eigenvalue weighted by Gasteiger charge is 2.05. The van der Waals surface area contributed by atoms with Gasteiger partial charge in [-0.25, -0.2) is 4.98 Å². The third-order valence-corrected chi connectivity index (χ3v) is 2.39. The highest BCUT2D eigenvalue weighted by atomic mass is 32.1. The van der Waals surface area contributed by atoms with E-state index in [2.05, 4.69) is 23.8 Å². The van der Waals surface area contributed by atoms with Crippen molar-refractivity contribution >= 4 is 12.2 Å². The number of hydrogen-bond donors (Lipinski definition) is 1. The smallest absolute Gasteiger partial charge is 0.175 e. The van der Waals surface area contributed by atoms with E-state index in [1.54, 1.807) is 6.26 Å². The Kier molecular flexibility index (Phi) is 3.19. The number of aromatic nitrogens is 2. The van der Waals surface area contributed by atoms with Crippen molar-refractivity contribution in [1.29, 1.82) is 0 Å². The Balaban J connectivity index is 2.40. The molecule has 2 aromatic rings. The van der Waals surface area contributed by atoms with Crippen molar-refractivity contribution in [2.24, 2.45) is 5.92 Å². The number of furan rings is 1. The van der Waals surface area contributed by atoms with Crippen LogP contribution in [0.15, 0.2) is 28.9 Å². The molecule has 0 spiro atoms. The van der Waals surface area contributed by atoms with Gasteiger partial charge in [0.05, 0.1) is 6.26 Å².